The molecule has 2 unspecified atom stereocenters. The van der Waals surface area contributed by atoms with Crippen LogP contribution in [0.4, 0.5) is 4.39 Å². The molecule has 0 aromatic carbocycles. The van der Waals surface area contributed by atoms with Gasteiger partial charge in [0.15, 0.2) is 0 Å². The lowest BCUT2D eigenvalue weighted by Crippen LogP contribution is -2.00. The van der Waals surface area contributed by atoms with E-state index in [-0.39, 0.29) is 5.92 Å². The van der Waals surface area contributed by atoms with Gasteiger partial charge in [-0.3, -0.25) is 0 Å². The molecule has 0 rings (SSSR count). The lowest BCUT2D eigenvalue weighted by Gasteiger charge is -2.04. The van der Waals surface area contributed by atoms with Gasteiger partial charge in [0.25, 0.3) is 0 Å². The number of hydrogen-bond acceptors (Lipinski definition) is 1. The van der Waals surface area contributed by atoms with Crippen LogP contribution in [0.1, 0.15) is 20.3 Å². The third-order valence-electron chi connectivity index (χ3n) is 1.14. The van der Waals surface area contributed by atoms with Gasteiger partial charge < -0.3 is 5.73 Å². The van der Waals surface area contributed by atoms with Crippen LogP contribution in [-0.4, -0.2) is 6.17 Å². The summed E-state index contributed by atoms with van der Waals surface area (Å²) in [5.41, 5.74) is 5.10. The molecule has 2 heteroatoms. The summed E-state index contributed by atoms with van der Waals surface area (Å²) in [5.74, 6) is 0.259. The van der Waals surface area contributed by atoms with Crippen molar-refractivity contribution in [1.82, 2.24) is 0 Å². The first-order valence-electron chi connectivity index (χ1n) is 3.19. The largest absolute Gasteiger partial charge is 0.405 e. The van der Waals surface area contributed by atoms with Crippen molar-refractivity contribution < 1.29 is 4.39 Å². The molecule has 0 saturated heterocycles. The van der Waals surface area contributed by atoms with E-state index < -0.39 is 6.17 Å². The summed E-state index contributed by atoms with van der Waals surface area (Å²) >= 11 is 0. The molecule has 0 fully saturated rings. The lowest BCUT2D eigenvalue weighted by atomic mass is 10.1. The standard InChI is InChI=1S/C7H14FN/c1-6(3-4-9)5-7(2)8/h3-4,6-7H,5,9H2,1-2H3/b4-3-. The van der Waals surface area contributed by atoms with Crippen molar-refractivity contribution in [3.8, 4) is 0 Å². The minimum atomic E-state index is -0.726. The summed E-state index contributed by atoms with van der Waals surface area (Å²) in [6.07, 6.45) is 3.10. The summed E-state index contributed by atoms with van der Waals surface area (Å²) in [6, 6.07) is 0. The fourth-order valence-corrected chi connectivity index (χ4v) is 0.781. The Kier molecular flexibility index (Phi) is 4.10. The molecule has 0 aliphatic heterocycles. The molecule has 0 heterocycles. The van der Waals surface area contributed by atoms with Crippen molar-refractivity contribution in [2.75, 3.05) is 0 Å². The van der Waals surface area contributed by atoms with Crippen LogP contribution in [0.15, 0.2) is 12.3 Å². The maximum Gasteiger partial charge on any atom is 0.0979 e. The van der Waals surface area contributed by atoms with Gasteiger partial charge in [0.1, 0.15) is 0 Å². The van der Waals surface area contributed by atoms with Crippen LogP contribution < -0.4 is 5.73 Å². The van der Waals surface area contributed by atoms with Crippen molar-refractivity contribution >= 4 is 0 Å². The van der Waals surface area contributed by atoms with Crippen LogP contribution >= 0.6 is 0 Å². The Bertz CT molecular complexity index is 88.9. The van der Waals surface area contributed by atoms with Crippen LogP contribution in [0.2, 0.25) is 0 Å². The van der Waals surface area contributed by atoms with Crippen molar-refractivity contribution in [3.63, 3.8) is 0 Å². The van der Waals surface area contributed by atoms with E-state index in [0.29, 0.717) is 6.42 Å². The van der Waals surface area contributed by atoms with E-state index in [0.717, 1.165) is 0 Å². The average Bonchev–Trinajstić information content (AvgIpc) is 1.63. The Morgan fingerprint density at radius 1 is 1.56 bits per heavy atom. The zero-order chi connectivity index (χ0) is 7.28. The second-order valence-corrected chi connectivity index (χ2v) is 2.38. The van der Waals surface area contributed by atoms with Gasteiger partial charge in [0.05, 0.1) is 6.17 Å². The Morgan fingerprint density at radius 3 is 2.44 bits per heavy atom. The highest BCUT2D eigenvalue weighted by Crippen LogP contribution is 2.08. The van der Waals surface area contributed by atoms with Crippen molar-refractivity contribution in [2.45, 2.75) is 26.4 Å². The van der Waals surface area contributed by atoms with Crippen LogP contribution in [0.25, 0.3) is 0 Å². The molecule has 0 aliphatic carbocycles. The molecule has 2 N–H and O–H groups in total. The van der Waals surface area contributed by atoms with E-state index in [1.54, 1.807) is 13.0 Å². The van der Waals surface area contributed by atoms with Crippen LogP contribution in [0, 0.1) is 5.92 Å². The molecule has 0 bridgehead atoms. The maximum absolute atomic E-state index is 12.2. The van der Waals surface area contributed by atoms with E-state index in [1.165, 1.54) is 6.20 Å². The van der Waals surface area contributed by atoms with Gasteiger partial charge in [-0.2, -0.15) is 0 Å². The molecule has 2 atom stereocenters. The summed E-state index contributed by atoms with van der Waals surface area (Å²) < 4.78 is 12.2. The van der Waals surface area contributed by atoms with Gasteiger partial charge in [-0.25, -0.2) is 4.39 Å². The first-order chi connectivity index (χ1) is 4.16. The molecule has 0 aromatic heterocycles. The molecule has 0 aliphatic rings. The second-order valence-electron chi connectivity index (χ2n) is 2.38. The highest BCUT2D eigenvalue weighted by atomic mass is 19.1. The first kappa shape index (κ1) is 8.47. The molecule has 54 valence electrons. The van der Waals surface area contributed by atoms with Gasteiger partial charge in [-0.15, -0.1) is 0 Å². The summed E-state index contributed by atoms with van der Waals surface area (Å²) in [7, 11) is 0. The highest BCUT2D eigenvalue weighted by molar-refractivity contribution is 4.82. The van der Waals surface area contributed by atoms with Crippen LogP contribution in [0.3, 0.4) is 0 Å². The molecule has 0 amide bonds. The van der Waals surface area contributed by atoms with Gasteiger partial charge >= 0.3 is 0 Å². The quantitative estimate of drug-likeness (QED) is 0.621. The predicted octanol–water partition coefficient (Wildman–Crippen LogP) is 1.84. The molecule has 0 saturated carbocycles. The van der Waals surface area contributed by atoms with Gasteiger partial charge in [0, 0.05) is 0 Å². The third kappa shape index (κ3) is 5.34. The van der Waals surface area contributed by atoms with Crippen molar-refractivity contribution in [2.24, 2.45) is 11.7 Å². The number of allylic oxidation sites excluding steroid dienone is 1. The minimum Gasteiger partial charge on any atom is -0.405 e. The molecule has 0 aromatic rings. The third-order valence-corrected chi connectivity index (χ3v) is 1.14. The number of hydrogen-bond donors (Lipinski definition) is 1. The zero-order valence-electron chi connectivity index (χ0n) is 5.97. The maximum atomic E-state index is 12.2. The number of alkyl halides is 1. The lowest BCUT2D eigenvalue weighted by molar-refractivity contribution is 0.316. The average molecular weight is 131 g/mol. The van der Waals surface area contributed by atoms with E-state index >= 15 is 0 Å². The van der Waals surface area contributed by atoms with Gasteiger partial charge in [-0.05, 0) is 25.5 Å². The van der Waals surface area contributed by atoms with Crippen molar-refractivity contribution in [3.05, 3.63) is 12.3 Å². The summed E-state index contributed by atoms with van der Waals surface area (Å²) in [5, 5.41) is 0. The van der Waals surface area contributed by atoms with E-state index in [2.05, 4.69) is 0 Å². The Labute approximate surface area is 55.7 Å². The number of rotatable bonds is 3. The Hall–Kier alpha value is -0.530. The minimum absolute atomic E-state index is 0.259. The molecule has 9 heavy (non-hydrogen) atoms. The first-order valence-corrected chi connectivity index (χ1v) is 3.19. The highest BCUT2D eigenvalue weighted by Gasteiger charge is 2.02. The fraction of sp³-hybridized carbons (Fsp3) is 0.714. The molecule has 1 nitrogen and oxygen atoms in total. The van der Waals surface area contributed by atoms with Gasteiger partial charge in [-0.1, -0.05) is 13.0 Å². The Balaban J connectivity index is 3.38. The van der Waals surface area contributed by atoms with Crippen molar-refractivity contribution in [1.29, 1.82) is 0 Å². The monoisotopic (exact) mass is 131 g/mol. The SMILES string of the molecule is CC(F)CC(C)/C=C\N. The van der Waals surface area contributed by atoms with E-state index in [1.807, 2.05) is 6.92 Å². The Morgan fingerprint density at radius 2 is 2.11 bits per heavy atom. The van der Waals surface area contributed by atoms with E-state index in [4.69, 9.17) is 5.73 Å². The zero-order valence-corrected chi connectivity index (χ0v) is 5.97. The smallest absolute Gasteiger partial charge is 0.0979 e. The van der Waals surface area contributed by atoms with E-state index in [9.17, 15) is 4.39 Å². The molecule has 0 radical (unpaired) electrons. The molecule has 0 spiro atoms. The summed E-state index contributed by atoms with van der Waals surface area (Å²) in [4.78, 5) is 0. The normalized spacial score (nSPS) is 18.1. The number of nitrogens with two attached hydrogens (primary N) is 1. The molecular weight excluding hydrogens is 117 g/mol. The molecular formula is C7H14FN. The van der Waals surface area contributed by atoms with Crippen LogP contribution in [-0.2, 0) is 0 Å². The topological polar surface area (TPSA) is 26.0 Å². The predicted molar refractivity (Wildman–Crippen MR) is 37.7 cm³/mol. The van der Waals surface area contributed by atoms with Gasteiger partial charge in [0.2, 0.25) is 0 Å². The second kappa shape index (κ2) is 4.36. The fourth-order valence-electron chi connectivity index (χ4n) is 0.781. The van der Waals surface area contributed by atoms with Crippen LogP contribution in [0.5, 0.6) is 0 Å². The summed E-state index contributed by atoms with van der Waals surface area (Å²) in [6.45, 7) is 3.50. The number of halogens is 1.